The van der Waals surface area contributed by atoms with E-state index in [1.54, 1.807) is 36.4 Å². The molecule has 0 fully saturated rings. The van der Waals surface area contributed by atoms with Crippen molar-refractivity contribution in [2.45, 2.75) is 38.2 Å². The Kier molecular flexibility index (Phi) is 11.8. The van der Waals surface area contributed by atoms with Gasteiger partial charge in [0.15, 0.2) is 17.0 Å². The fraction of sp³-hybridized carbons (Fsp3) is 0.136. The maximum Gasteiger partial charge on any atom is 0.336 e. The lowest BCUT2D eigenvalue weighted by Crippen LogP contribution is -2.53. The predicted molar refractivity (Wildman–Crippen MR) is 200 cm³/mol. The van der Waals surface area contributed by atoms with E-state index in [1.807, 2.05) is 127 Å². The molecule has 0 spiro atoms. The lowest BCUT2D eigenvalue weighted by Gasteiger charge is -2.34. The highest BCUT2D eigenvalue weighted by Crippen LogP contribution is 2.42. The molecule has 0 aromatic heterocycles. The van der Waals surface area contributed by atoms with Crippen LogP contribution in [0.2, 0.25) is 5.02 Å². The minimum Gasteiger partial charge on any atom is -0.485 e. The lowest BCUT2D eigenvalue weighted by molar-refractivity contribution is -0.153. The van der Waals surface area contributed by atoms with Crippen LogP contribution >= 0.6 is 11.6 Å². The molecule has 0 heterocycles. The number of carbonyl (C=O) groups excluding carboxylic acids is 2. The van der Waals surface area contributed by atoms with E-state index in [1.165, 1.54) is 0 Å². The topological polar surface area (TPSA) is 73.9 Å². The maximum atomic E-state index is 14.7. The normalized spacial score (nSPS) is 11.9. The summed E-state index contributed by atoms with van der Waals surface area (Å²) in [6.45, 7) is 0.498. The van der Waals surface area contributed by atoms with Crippen LogP contribution in [0.3, 0.4) is 0 Å². The largest absolute Gasteiger partial charge is 0.485 e. The summed E-state index contributed by atoms with van der Waals surface area (Å²) in [6, 6.07) is 50.8. The second-order valence-electron chi connectivity index (χ2n) is 12.1. The van der Waals surface area contributed by atoms with Crippen LogP contribution in [-0.4, -0.2) is 11.9 Å². The molecule has 7 heteroatoms. The molecule has 6 rings (SSSR count). The summed E-state index contributed by atoms with van der Waals surface area (Å²) in [7, 11) is 0. The molecule has 1 unspecified atom stereocenters. The Morgan fingerprint density at radius 2 is 0.980 bits per heavy atom. The second kappa shape index (κ2) is 17.2. The average molecular weight is 696 g/mol. The van der Waals surface area contributed by atoms with Crippen molar-refractivity contribution < 1.29 is 23.8 Å². The predicted octanol–water partition coefficient (Wildman–Crippen LogP) is 9.50. The van der Waals surface area contributed by atoms with Crippen LogP contribution in [0.5, 0.6) is 11.5 Å². The summed E-state index contributed by atoms with van der Waals surface area (Å²) in [6.07, 6.45) is 0.574. The van der Waals surface area contributed by atoms with Crippen molar-refractivity contribution in [3.8, 4) is 11.5 Å². The zero-order valence-corrected chi connectivity index (χ0v) is 28.8. The van der Waals surface area contributed by atoms with E-state index in [0.29, 0.717) is 29.0 Å². The van der Waals surface area contributed by atoms with Crippen molar-refractivity contribution in [3.05, 3.63) is 202 Å². The van der Waals surface area contributed by atoms with Crippen LogP contribution in [0.1, 0.15) is 44.6 Å². The summed E-state index contributed by atoms with van der Waals surface area (Å²) in [5.41, 5.74) is 2.68. The first kappa shape index (κ1) is 35.0. The number of benzene rings is 6. The molecule has 1 amide bonds. The van der Waals surface area contributed by atoms with Gasteiger partial charge in [-0.3, -0.25) is 4.79 Å². The van der Waals surface area contributed by atoms with E-state index in [9.17, 15) is 9.59 Å². The third-order valence-electron chi connectivity index (χ3n) is 8.52. The monoisotopic (exact) mass is 695 g/mol. The Hall–Kier alpha value is -5.85. The molecule has 6 aromatic carbocycles. The smallest absolute Gasteiger partial charge is 0.336 e. The summed E-state index contributed by atoms with van der Waals surface area (Å²) < 4.78 is 18.8. The number of rotatable bonds is 15. The molecule has 6 aromatic rings. The summed E-state index contributed by atoms with van der Waals surface area (Å²) in [5, 5.41) is 3.31. The van der Waals surface area contributed by atoms with Gasteiger partial charge in [0.2, 0.25) is 0 Å². The molecular formula is C44H38ClNO5. The minimum absolute atomic E-state index is 0.00121. The first-order valence-electron chi connectivity index (χ1n) is 16.8. The number of ether oxygens (including phenoxy) is 3. The van der Waals surface area contributed by atoms with Crippen LogP contribution in [-0.2, 0) is 41.3 Å². The van der Waals surface area contributed by atoms with Crippen molar-refractivity contribution in [1.29, 1.82) is 0 Å². The number of amides is 1. The number of aryl methyl sites for hydroxylation is 1. The number of esters is 1. The Bertz CT molecular complexity index is 2010. The number of halogens is 1. The molecule has 1 N–H and O–H groups in total. The Morgan fingerprint density at radius 1 is 0.549 bits per heavy atom. The van der Waals surface area contributed by atoms with Crippen molar-refractivity contribution in [2.24, 2.45) is 0 Å². The van der Waals surface area contributed by atoms with E-state index < -0.39 is 17.4 Å². The van der Waals surface area contributed by atoms with Gasteiger partial charge in [-0.15, -0.1) is 0 Å². The van der Waals surface area contributed by atoms with Gasteiger partial charge in [0.05, 0.1) is 5.02 Å². The Balaban J connectivity index is 1.46. The van der Waals surface area contributed by atoms with Crippen molar-refractivity contribution in [3.63, 3.8) is 0 Å². The zero-order chi connectivity index (χ0) is 35.3. The summed E-state index contributed by atoms with van der Waals surface area (Å²) >= 11 is 7.16. The van der Waals surface area contributed by atoms with Crippen LogP contribution in [0.25, 0.3) is 0 Å². The first-order valence-corrected chi connectivity index (χ1v) is 17.2. The summed E-state index contributed by atoms with van der Waals surface area (Å²) in [5.74, 6) is -0.344. The van der Waals surface area contributed by atoms with E-state index in [0.717, 1.165) is 22.3 Å². The van der Waals surface area contributed by atoms with Gasteiger partial charge in [-0.05, 0) is 53.3 Å². The van der Waals surface area contributed by atoms with Crippen molar-refractivity contribution in [1.82, 2.24) is 5.32 Å². The van der Waals surface area contributed by atoms with Crippen molar-refractivity contribution >= 4 is 23.5 Å². The van der Waals surface area contributed by atoms with Gasteiger partial charge in [-0.2, -0.15) is 0 Å². The first-order chi connectivity index (χ1) is 25.0. The number of carbonyl (C=O) groups is 2. The quantitative estimate of drug-likeness (QED) is 0.108. The molecule has 51 heavy (non-hydrogen) atoms. The molecule has 0 radical (unpaired) electrons. The molecule has 0 saturated carbocycles. The third kappa shape index (κ3) is 9.24. The minimum atomic E-state index is -1.72. The molecule has 6 nitrogen and oxygen atoms in total. The Labute approximate surface area is 303 Å². The number of hydrogen-bond donors (Lipinski definition) is 1. The molecule has 0 aliphatic carbocycles. The van der Waals surface area contributed by atoms with Crippen LogP contribution in [0, 0.1) is 0 Å². The van der Waals surface area contributed by atoms with Gasteiger partial charge in [-0.1, -0.05) is 151 Å². The van der Waals surface area contributed by atoms with E-state index >= 15 is 0 Å². The van der Waals surface area contributed by atoms with Crippen LogP contribution < -0.4 is 14.8 Å². The number of nitrogens with one attached hydrogen (secondary N) is 1. The van der Waals surface area contributed by atoms with Gasteiger partial charge >= 0.3 is 5.97 Å². The molecule has 0 aliphatic heterocycles. The molecule has 0 saturated heterocycles. The lowest BCUT2D eigenvalue weighted by atomic mass is 9.83. The van der Waals surface area contributed by atoms with Gasteiger partial charge in [-0.25, -0.2) is 4.79 Å². The SMILES string of the molecule is O=C(NC(CCc1ccccc1)(C(=O)OCc1ccccc1)c1cc(OCc2ccccc2)c(OCc2ccccc2)cc1Cl)c1ccccc1. The van der Waals surface area contributed by atoms with Crippen LogP contribution in [0.15, 0.2) is 164 Å². The highest BCUT2D eigenvalue weighted by Gasteiger charge is 2.45. The van der Waals surface area contributed by atoms with E-state index in [4.69, 9.17) is 25.8 Å². The average Bonchev–Trinajstić information content (AvgIpc) is 3.19. The fourth-order valence-corrected chi connectivity index (χ4v) is 6.08. The second-order valence-corrected chi connectivity index (χ2v) is 12.5. The molecular weight excluding hydrogens is 658 g/mol. The molecule has 1 atom stereocenters. The van der Waals surface area contributed by atoms with Crippen molar-refractivity contribution in [2.75, 3.05) is 0 Å². The standard InChI is InChI=1S/C44H38ClNO5/c45-39-29-41(50-31-35-20-10-3-11-21-35)40(49-30-34-18-8-2-9-19-34)28-38(39)44(27-26-33-16-6-1-7-17-33,46-42(47)37-24-14-5-15-25-37)43(48)51-32-36-22-12-4-13-23-36/h1-25,28-29H,26-27,30-32H2,(H,46,47). The molecule has 256 valence electrons. The highest BCUT2D eigenvalue weighted by molar-refractivity contribution is 6.32. The van der Waals surface area contributed by atoms with Gasteiger partial charge < -0.3 is 19.5 Å². The van der Waals surface area contributed by atoms with Gasteiger partial charge in [0.25, 0.3) is 5.91 Å². The maximum absolute atomic E-state index is 14.7. The van der Waals surface area contributed by atoms with E-state index in [-0.39, 0.29) is 31.3 Å². The number of hydrogen-bond acceptors (Lipinski definition) is 5. The van der Waals surface area contributed by atoms with Gasteiger partial charge in [0, 0.05) is 17.2 Å². The molecule has 0 aliphatic rings. The third-order valence-corrected chi connectivity index (χ3v) is 8.84. The summed E-state index contributed by atoms with van der Waals surface area (Å²) in [4.78, 5) is 28.7. The zero-order valence-electron chi connectivity index (χ0n) is 28.0. The van der Waals surface area contributed by atoms with Crippen LogP contribution in [0.4, 0.5) is 0 Å². The van der Waals surface area contributed by atoms with Gasteiger partial charge in [0.1, 0.15) is 19.8 Å². The Morgan fingerprint density at radius 3 is 1.49 bits per heavy atom. The fourth-order valence-electron chi connectivity index (χ4n) is 5.76. The van der Waals surface area contributed by atoms with E-state index in [2.05, 4.69) is 5.32 Å². The highest BCUT2D eigenvalue weighted by atomic mass is 35.5. The molecule has 0 bridgehead atoms.